The van der Waals surface area contributed by atoms with Crippen LogP contribution in [0.2, 0.25) is 0 Å². The Morgan fingerprint density at radius 3 is 2.95 bits per heavy atom. The van der Waals surface area contributed by atoms with Crippen molar-refractivity contribution < 1.29 is 4.42 Å². The predicted octanol–water partition coefficient (Wildman–Crippen LogP) is 3.75. The van der Waals surface area contributed by atoms with E-state index < -0.39 is 0 Å². The van der Waals surface area contributed by atoms with E-state index in [4.69, 9.17) is 10.2 Å². The van der Waals surface area contributed by atoms with Gasteiger partial charge in [0.25, 0.3) is 5.22 Å². The van der Waals surface area contributed by atoms with Crippen molar-refractivity contribution in [3.05, 3.63) is 42.0 Å². The molecule has 5 nitrogen and oxygen atoms in total. The van der Waals surface area contributed by atoms with Crippen molar-refractivity contribution in [1.29, 1.82) is 0 Å². The average Bonchev–Trinajstić information content (AvgIpc) is 3.02. The molecule has 0 atom stereocenters. The first-order valence-electron chi connectivity index (χ1n) is 6.48. The fourth-order valence-corrected chi connectivity index (χ4v) is 2.96. The highest BCUT2D eigenvalue weighted by molar-refractivity contribution is 7.99. The van der Waals surface area contributed by atoms with E-state index in [1.54, 1.807) is 0 Å². The first-order valence-corrected chi connectivity index (χ1v) is 7.30. The predicted molar refractivity (Wildman–Crippen MR) is 83.4 cm³/mol. The van der Waals surface area contributed by atoms with Crippen molar-refractivity contribution in [3.8, 4) is 0 Å². The Morgan fingerprint density at radius 2 is 2.10 bits per heavy atom. The maximum Gasteiger partial charge on any atom is 0.264 e. The van der Waals surface area contributed by atoms with Crippen LogP contribution in [0.3, 0.4) is 0 Å². The Kier molecular flexibility index (Phi) is 2.65. The van der Waals surface area contributed by atoms with Crippen molar-refractivity contribution in [3.63, 3.8) is 0 Å². The van der Waals surface area contributed by atoms with Crippen molar-refractivity contribution in [2.24, 2.45) is 0 Å². The van der Waals surface area contributed by atoms with Gasteiger partial charge in [0.2, 0.25) is 0 Å². The highest BCUT2D eigenvalue weighted by Crippen LogP contribution is 2.31. The van der Waals surface area contributed by atoms with Gasteiger partial charge in [-0.2, -0.15) is 0 Å². The number of H-pyrrole nitrogens is 1. The Morgan fingerprint density at radius 1 is 1.19 bits per heavy atom. The van der Waals surface area contributed by atoms with Gasteiger partial charge in [-0.3, -0.25) is 0 Å². The molecule has 0 aliphatic rings. The second-order valence-electron chi connectivity index (χ2n) is 4.84. The molecular formula is C15H12N4OS. The molecule has 2 aromatic heterocycles. The number of imidazole rings is 1. The number of benzene rings is 2. The number of fused-ring (bicyclic) bond motifs is 2. The quantitative estimate of drug-likeness (QED) is 0.551. The summed E-state index contributed by atoms with van der Waals surface area (Å²) >= 11 is 1.35. The lowest BCUT2D eigenvalue weighted by Gasteiger charge is -1.89. The van der Waals surface area contributed by atoms with Gasteiger partial charge in [-0.1, -0.05) is 12.1 Å². The first kappa shape index (κ1) is 12.3. The first-order chi connectivity index (χ1) is 10.2. The van der Waals surface area contributed by atoms with Crippen LogP contribution in [0.15, 0.2) is 51.2 Å². The smallest absolute Gasteiger partial charge is 0.264 e. The summed E-state index contributed by atoms with van der Waals surface area (Å²) in [5, 5.41) is 1.28. The molecule has 4 aromatic rings. The van der Waals surface area contributed by atoms with Crippen molar-refractivity contribution >= 4 is 39.6 Å². The highest BCUT2D eigenvalue weighted by atomic mass is 32.2. The van der Waals surface area contributed by atoms with E-state index in [0.717, 1.165) is 16.2 Å². The molecule has 0 amide bonds. The number of aromatic nitrogens is 3. The van der Waals surface area contributed by atoms with Crippen LogP contribution < -0.4 is 5.73 Å². The molecule has 3 N–H and O–H groups in total. The van der Waals surface area contributed by atoms with Gasteiger partial charge >= 0.3 is 0 Å². The number of hydrogen-bond acceptors (Lipinski definition) is 5. The molecule has 2 heterocycles. The minimum Gasteiger partial charge on any atom is -0.431 e. The molecule has 0 saturated heterocycles. The summed E-state index contributed by atoms with van der Waals surface area (Å²) in [6, 6.07) is 11.6. The monoisotopic (exact) mass is 296 g/mol. The Labute approximate surface area is 124 Å². The van der Waals surface area contributed by atoms with E-state index in [1.165, 1.54) is 17.3 Å². The fourth-order valence-electron chi connectivity index (χ4n) is 2.22. The number of nitrogens with two attached hydrogens (primary N) is 1. The van der Waals surface area contributed by atoms with Gasteiger partial charge in [0.15, 0.2) is 10.7 Å². The lowest BCUT2D eigenvalue weighted by atomic mass is 10.2. The third-order valence-corrected chi connectivity index (χ3v) is 3.97. The number of nitrogens with one attached hydrogen (secondary N) is 1. The van der Waals surface area contributed by atoms with E-state index in [2.05, 4.69) is 27.9 Å². The number of oxazole rings is 1. The zero-order valence-electron chi connectivity index (χ0n) is 11.3. The van der Waals surface area contributed by atoms with E-state index in [0.29, 0.717) is 22.0 Å². The van der Waals surface area contributed by atoms with Crippen LogP contribution in [0.25, 0.3) is 22.1 Å². The number of nitrogens with zero attached hydrogens (tertiary/aromatic N) is 2. The molecule has 0 spiro atoms. The van der Waals surface area contributed by atoms with E-state index in [9.17, 15) is 0 Å². The van der Waals surface area contributed by atoms with Gasteiger partial charge in [0.05, 0.1) is 16.7 Å². The molecular weight excluding hydrogens is 284 g/mol. The number of aryl methyl sites for hydroxylation is 1. The summed E-state index contributed by atoms with van der Waals surface area (Å²) in [6.07, 6.45) is 0. The van der Waals surface area contributed by atoms with Crippen LogP contribution in [-0.2, 0) is 0 Å². The molecule has 0 unspecified atom stereocenters. The van der Waals surface area contributed by atoms with Crippen LogP contribution in [0.1, 0.15) is 5.56 Å². The number of anilines is 1. The topological polar surface area (TPSA) is 80.7 Å². The van der Waals surface area contributed by atoms with Gasteiger partial charge in [0, 0.05) is 11.8 Å². The second-order valence-corrected chi connectivity index (χ2v) is 5.78. The Balaban J connectivity index is 1.73. The summed E-state index contributed by atoms with van der Waals surface area (Å²) in [5.74, 6) is 0. The third-order valence-electron chi connectivity index (χ3n) is 3.23. The van der Waals surface area contributed by atoms with Gasteiger partial charge in [-0.15, -0.1) is 0 Å². The molecule has 0 aliphatic carbocycles. The molecule has 6 heteroatoms. The minimum absolute atomic E-state index is 0.527. The summed E-state index contributed by atoms with van der Waals surface area (Å²) in [4.78, 5) is 12.2. The number of aromatic amines is 1. The normalized spacial score (nSPS) is 11.5. The maximum atomic E-state index is 5.89. The van der Waals surface area contributed by atoms with E-state index >= 15 is 0 Å². The van der Waals surface area contributed by atoms with Gasteiger partial charge < -0.3 is 15.1 Å². The van der Waals surface area contributed by atoms with Crippen LogP contribution >= 0.6 is 11.8 Å². The lowest BCUT2D eigenvalue weighted by Crippen LogP contribution is -1.84. The SMILES string of the molecule is Cc1ccc2nc(Sc3nc4c(N)cccc4o3)[nH]c2c1. The van der Waals surface area contributed by atoms with Crippen molar-refractivity contribution in [2.45, 2.75) is 17.3 Å². The van der Waals surface area contributed by atoms with Crippen molar-refractivity contribution in [1.82, 2.24) is 15.0 Å². The summed E-state index contributed by atoms with van der Waals surface area (Å²) in [5.41, 5.74) is 11.0. The summed E-state index contributed by atoms with van der Waals surface area (Å²) in [7, 11) is 0. The molecule has 0 saturated carbocycles. The molecule has 2 aromatic carbocycles. The van der Waals surface area contributed by atoms with Gasteiger partial charge in [0.1, 0.15) is 5.52 Å². The molecule has 0 bridgehead atoms. The summed E-state index contributed by atoms with van der Waals surface area (Å²) < 4.78 is 5.68. The maximum absolute atomic E-state index is 5.89. The van der Waals surface area contributed by atoms with Crippen LogP contribution in [0, 0.1) is 6.92 Å². The Bertz CT molecular complexity index is 957. The number of para-hydroxylation sites is 1. The van der Waals surface area contributed by atoms with Crippen LogP contribution in [0.5, 0.6) is 0 Å². The minimum atomic E-state index is 0.527. The molecule has 0 fully saturated rings. The zero-order valence-corrected chi connectivity index (χ0v) is 12.1. The number of nitrogen functional groups attached to an aromatic ring is 1. The average molecular weight is 296 g/mol. The largest absolute Gasteiger partial charge is 0.431 e. The molecule has 0 radical (unpaired) electrons. The van der Waals surface area contributed by atoms with E-state index in [1.807, 2.05) is 30.3 Å². The van der Waals surface area contributed by atoms with E-state index in [-0.39, 0.29) is 0 Å². The third kappa shape index (κ3) is 2.13. The van der Waals surface area contributed by atoms with Crippen molar-refractivity contribution in [2.75, 3.05) is 5.73 Å². The molecule has 0 aliphatic heterocycles. The van der Waals surface area contributed by atoms with Gasteiger partial charge in [-0.05, 0) is 36.8 Å². The Hall–Kier alpha value is -2.47. The lowest BCUT2D eigenvalue weighted by molar-refractivity contribution is 0.489. The fraction of sp³-hybridized carbons (Fsp3) is 0.0667. The van der Waals surface area contributed by atoms with Crippen LogP contribution in [0.4, 0.5) is 5.69 Å². The number of hydrogen-bond donors (Lipinski definition) is 2. The number of rotatable bonds is 2. The zero-order chi connectivity index (χ0) is 14.4. The molecule has 104 valence electrons. The van der Waals surface area contributed by atoms with Gasteiger partial charge in [-0.25, -0.2) is 9.97 Å². The highest BCUT2D eigenvalue weighted by Gasteiger charge is 2.12. The summed E-state index contributed by atoms with van der Waals surface area (Å²) in [6.45, 7) is 2.05. The molecule has 4 rings (SSSR count). The second kappa shape index (κ2) is 4.53. The standard InChI is InChI=1S/C15H12N4OS/c1-8-5-6-10-11(7-8)18-14(17-10)21-15-19-13-9(16)3-2-4-12(13)20-15/h2-7H,16H2,1H3,(H,17,18). The van der Waals surface area contributed by atoms with Crippen LogP contribution in [-0.4, -0.2) is 15.0 Å². The molecule has 21 heavy (non-hydrogen) atoms.